The first-order valence-corrected chi connectivity index (χ1v) is 10.7. The summed E-state index contributed by atoms with van der Waals surface area (Å²) >= 11 is 12.2. The van der Waals surface area contributed by atoms with E-state index in [2.05, 4.69) is 20.4 Å². The van der Waals surface area contributed by atoms with E-state index in [-0.39, 0.29) is 11.8 Å². The zero-order chi connectivity index (χ0) is 21.8. The highest BCUT2D eigenvalue weighted by molar-refractivity contribution is 6.36. The number of carbonyl (C=O) groups excluding carboxylic acids is 1. The summed E-state index contributed by atoms with van der Waals surface area (Å²) in [7, 11) is 1.61. The molecule has 9 heteroatoms. The number of ether oxygens (including phenoxy) is 1. The molecule has 1 amide bonds. The molecule has 1 saturated heterocycles. The Morgan fingerprint density at radius 1 is 1.19 bits per heavy atom. The van der Waals surface area contributed by atoms with Crippen molar-refractivity contribution < 1.29 is 14.1 Å². The molecule has 4 rings (SSSR count). The smallest absolute Gasteiger partial charge is 0.241 e. The Bertz CT molecular complexity index is 1050. The molecule has 0 atom stereocenters. The second-order valence-corrected chi connectivity index (χ2v) is 8.25. The average Bonchev–Trinajstić information content (AvgIpc) is 3.23. The molecule has 1 aromatic heterocycles. The predicted octanol–water partition coefficient (Wildman–Crippen LogP) is 4.90. The topological polar surface area (TPSA) is 80.5 Å². The maximum Gasteiger partial charge on any atom is 0.241 e. The third-order valence-corrected chi connectivity index (χ3v) is 5.86. The Morgan fingerprint density at radius 3 is 2.61 bits per heavy atom. The summed E-state index contributed by atoms with van der Waals surface area (Å²) < 4.78 is 10.5. The van der Waals surface area contributed by atoms with Gasteiger partial charge in [-0.05, 0) is 68.4 Å². The predicted molar refractivity (Wildman–Crippen MR) is 119 cm³/mol. The van der Waals surface area contributed by atoms with Crippen LogP contribution < -0.4 is 10.1 Å². The molecule has 2 aromatic carbocycles. The van der Waals surface area contributed by atoms with Crippen molar-refractivity contribution in [3.63, 3.8) is 0 Å². The van der Waals surface area contributed by atoms with E-state index in [0.29, 0.717) is 33.9 Å². The number of nitrogens with one attached hydrogen (secondary N) is 1. The van der Waals surface area contributed by atoms with E-state index in [9.17, 15) is 4.79 Å². The summed E-state index contributed by atoms with van der Waals surface area (Å²) in [6.07, 6.45) is 1.54. The van der Waals surface area contributed by atoms with E-state index in [4.69, 9.17) is 32.5 Å². The van der Waals surface area contributed by atoms with Crippen molar-refractivity contribution in [1.29, 1.82) is 0 Å². The number of anilines is 1. The second-order valence-electron chi connectivity index (χ2n) is 7.40. The van der Waals surface area contributed by atoms with E-state index in [1.54, 1.807) is 25.3 Å². The molecule has 2 heterocycles. The van der Waals surface area contributed by atoms with Crippen molar-refractivity contribution in [2.75, 3.05) is 25.5 Å². The van der Waals surface area contributed by atoms with Gasteiger partial charge in [-0.2, -0.15) is 4.98 Å². The maximum absolute atomic E-state index is 12.6. The number of piperidine rings is 1. The summed E-state index contributed by atoms with van der Waals surface area (Å²) in [6, 6.07) is 12.5. The monoisotopic (exact) mass is 460 g/mol. The van der Waals surface area contributed by atoms with Gasteiger partial charge in [0.15, 0.2) is 0 Å². The minimum atomic E-state index is -0.0236. The molecule has 1 aliphatic heterocycles. The Hall–Kier alpha value is -2.61. The first kappa shape index (κ1) is 21.6. The van der Waals surface area contributed by atoms with Crippen molar-refractivity contribution in [2.45, 2.75) is 19.4 Å². The van der Waals surface area contributed by atoms with Crippen molar-refractivity contribution >= 4 is 34.8 Å². The molecular formula is C22H22Cl2N4O3. The Kier molecular flexibility index (Phi) is 6.75. The number of nitrogens with zero attached hydrogens (tertiary/aromatic N) is 3. The molecule has 0 spiro atoms. The maximum atomic E-state index is 12.6. The highest BCUT2D eigenvalue weighted by Gasteiger charge is 2.26. The molecule has 0 saturated carbocycles. The zero-order valence-corrected chi connectivity index (χ0v) is 18.5. The fourth-order valence-electron chi connectivity index (χ4n) is 3.56. The molecule has 7 nitrogen and oxygen atoms in total. The molecule has 0 unspecified atom stereocenters. The van der Waals surface area contributed by atoms with Crippen LogP contribution in [0.25, 0.3) is 11.4 Å². The van der Waals surface area contributed by atoms with Crippen LogP contribution in [-0.4, -0.2) is 41.1 Å². The Labute approximate surface area is 190 Å². The summed E-state index contributed by atoms with van der Waals surface area (Å²) in [6.45, 7) is 2.09. The molecule has 0 radical (unpaired) electrons. The third-order valence-electron chi connectivity index (χ3n) is 5.31. The van der Waals surface area contributed by atoms with E-state index < -0.39 is 0 Å². The van der Waals surface area contributed by atoms with E-state index in [1.807, 2.05) is 24.3 Å². The van der Waals surface area contributed by atoms with E-state index in [0.717, 1.165) is 37.4 Å². The summed E-state index contributed by atoms with van der Waals surface area (Å²) in [5.74, 6) is 1.73. The van der Waals surface area contributed by atoms with Gasteiger partial charge in [-0.3, -0.25) is 9.69 Å². The van der Waals surface area contributed by atoms with Crippen LogP contribution in [0, 0.1) is 5.92 Å². The Morgan fingerprint density at radius 2 is 1.94 bits per heavy atom. The lowest BCUT2D eigenvalue weighted by molar-refractivity contribution is -0.121. The van der Waals surface area contributed by atoms with E-state index >= 15 is 0 Å². The summed E-state index contributed by atoms with van der Waals surface area (Å²) in [5.41, 5.74) is 1.45. The van der Waals surface area contributed by atoms with Crippen molar-refractivity contribution in [2.24, 2.45) is 5.92 Å². The summed E-state index contributed by atoms with van der Waals surface area (Å²) in [5, 5.41) is 8.04. The molecule has 0 bridgehead atoms. The van der Waals surface area contributed by atoms with Crippen LogP contribution in [0.1, 0.15) is 18.7 Å². The number of amides is 1. The third kappa shape index (κ3) is 5.36. The van der Waals surface area contributed by atoms with Gasteiger partial charge in [-0.25, -0.2) is 0 Å². The quantitative estimate of drug-likeness (QED) is 0.563. The molecule has 162 valence electrons. The van der Waals surface area contributed by atoms with Gasteiger partial charge in [0.1, 0.15) is 5.75 Å². The minimum absolute atomic E-state index is 0.0236. The van der Waals surface area contributed by atoms with Crippen LogP contribution in [0.2, 0.25) is 10.0 Å². The number of aromatic nitrogens is 2. The van der Waals surface area contributed by atoms with Crippen molar-refractivity contribution in [3.05, 3.63) is 58.4 Å². The lowest BCUT2D eigenvalue weighted by Gasteiger charge is -2.30. The van der Waals surface area contributed by atoms with Gasteiger partial charge in [0.25, 0.3) is 0 Å². The van der Waals surface area contributed by atoms with Gasteiger partial charge in [-0.15, -0.1) is 0 Å². The largest absolute Gasteiger partial charge is 0.497 e. The fraction of sp³-hybridized carbons (Fsp3) is 0.318. The van der Waals surface area contributed by atoms with Gasteiger partial charge in [0.05, 0.1) is 18.7 Å². The number of hydrogen-bond donors (Lipinski definition) is 1. The van der Waals surface area contributed by atoms with E-state index in [1.165, 1.54) is 0 Å². The van der Waals surface area contributed by atoms with Gasteiger partial charge in [0, 0.05) is 22.2 Å². The number of rotatable bonds is 6. The molecule has 1 aliphatic rings. The number of likely N-dealkylation sites (tertiary alicyclic amines) is 1. The van der Waals surface area contributed by atoms with Gasteiger partial charge < -0.3 is 14.6 Å². The van der Waals surface area contributed by atoms with Crippen molar-refractivity contribution in [1.82, 2.24) is 15.0 Å². The van der Waals surface area contributed by atoms with Crippen LogP contribution in [0.3, 0.4) is 0 Å². The van der Waals surface area contributed by atoms with Crippen LogP contribution in [0.5, 0.6) is 5.75 Å². The number of hydrogen-bond acceptors (Lipinski definition) is 6. The van der Waals surface area contributed by atoms with Crippen LogP contribution >= 0.6 is 23.2 Å². The number of methoxy groups -OCH3 is 1. The van der Waals surface area contributed by atoms with Crippen LogP contribution in [0.15, 0.2) is 47.0 Å². The fourth-order valence-corrected chi connectivity index (χ4v) is 4.06. The van der Waals surface area contributed by atoms with Gasteiger partial charge in [0.2, 0.25) is 17.6 Å². The zero-order valence-electron chi connectivity index (χ0n) is 17.0. The first-order chi connectivity index (χ1) is 15.0. The second kappa shape index (κ2) is 9.68. The molecule has 1 N–H and O–H groups in total. The lowest BCUT2D eigenvalue weighted by atomic mass is 9.96. The Balaban J connectivity index is 1.29. The average molecular weight is 461 g/mol. The normalized spacial score (nSPS) is 15.1. The van der Waals surface area contributed by atoms with Gasteiger partial charge in [-0.1, -0.05) is 28.4 Å². The van der Waals surface area contributed by atoms with Gasteiger partial charge >= 0.3 is 0 Å². The highest BCUT2D eigenvalue weighted by atomic mass is 35.5. The highest BCUT2D eigenvalue weighted by Crippen LogP contribution is 2.29. The molecule has 3 aromatic rings. The number of halogens is 2. The lowest BCUT2D eigenvalue weighted by Crippen LogP contribution is -2.37. The molecular weight excluding hydrogens is 439 g/mol. The minimum Gasteiger partial charge on any atom is -0.497 e. The van der Waals surface area contributed by atoms with Crippen LogP contribution in [0.4, 0.5) is 5.69 Å². The SMILES string of the molecule is COc1ccc(NC(=O)C2CCN(Cc3nc(-c4ccc(Cl)cc4Cl)no3)CC2)cc1. The molecule has 1 fully saturated rings. The number of benzene rings is 2. The molecule has 31 heavy (non-hydrogen) atoms. The standard InChI is InChI=1S/C22H22Cl2N4O3/c1-30-17-5-3-16(4-6-17)25-22(29)14-8-10-28(11-9-14)13-20-26-21(27-31-20)18-7-2-15(23)12-19(18)24/h2-7,12,14H,8-11,13H2,1H3,(H,25,29). The number of carbonyl (C=O) groups is 1. The summed E-state index contributed by atoms with van der Waals surface area (Å²) in [4.78, 5) is 19.2. The first-order valence-electron chi connectivity index (χ1n) is 9.97. The molecule has 0 aliphatic carbocycles. The van der Waals surface area contributed by atoms with Crippen LogP contribution in [-0.2, 0) is 11.3 Å². The van der Waals surface area contributed by atoms with Crippen molar-refractivity contribution in [3.8, 4) is 17.1 Å².